The Bertz CT molecular complexity index is 689. The molecule has 0 saturated heterocycles. The quantitative estimate of drug-likeness (QED) is 0.799. The number of aromatic nitrogens is 2. The van der Waals surface area contributed by atoms with Crippen molar-refractivity contribution < 1.29 is 14.7 Å². The van der Waals surface area contributed by atoms with Crippen LogP contribution in [0.2, 0.25) is 0 Å². The van der Waals surface area contributed by atoms with Crippen LogP contribution in [-0.2, 0) is 0 Å². The molecule has 0 atom stereocenters. The number of aryl methyl sites for hydroxylation is 2. The maximum Gasteiger partial charge on any atom is 0.336 e. The zero-order valence-corrected chi connectivity index (χ0v) is 11.4. The third-order valence-electron chi connectivity index (χ3n) is 3.09. The highest BCUT2D eigenvalue weighted by molar-refractivity contribution is 6.03. The molecule has 0 bridgehead atoms. The minimum absolute atomic E-state index is 0.179. The van der Waals surface area contributed by atoms with Crippen LogP contribution in [0, 0.1) is 20.8 Å². The van der Waals surface area contributed by atoms with Crippen LogP contribution in [0.5, 0.6) is 0 Å². The Morgan fingerprint density at radius 1 is 1.20 bits per heavy atom. The van der Waals surface area contributed by atoms with Gasteiger partial charge in [-0.05, 0) is 50.1 Å². The van der Waals surface area contributed by atoms with E-state index < -0.39 is 5.97 Å². The summed E-state index contributed by atoms with van der Waals surface area (Å²) >= 11 is 0. The minimum Gasteiger partial charge on any atom is -0.478 e. The average molecular weight is 273 g/mol. The molecule has 2 rings (SSSR count). The minimum atomic E-state index is -1.02. The number of carbonyl (C=O) groups excluding carboxylic acids is 1. The topological polar surface area (TPSA) is 95.1 Å². The van der Waals surface area contributed by atoms with Crippen molar-refractivity contribution in [2.24, 2.45) is 0 Å². The second-order valence-electron chi connectivity index (χ2n) is 4.66. The standard InChI is InChI=1S/C14H15N3O3/c1-7-4-10(6-11(9(7)3)14(19)20)15-13(18)12-5-8(2)16-17-12/h4-6H,1-3H3,(H,15,18)(H,16,17)(H,19,20). The van der Waals surface area contributed by atoms with E-state index in [9.17, 15) is 9.59 Å². The number of nitrogens with one attached hydrogen (secondary N) is 2. The van der Waals surface area contributed by atoms with Crippen LogP contribution in [0.15, 0.2) is 18.2 Å². The highest BCUT2D eigenvalue weighted by Crippen LogP contribution is 2.20. The van der Waals surface area contributed by atoms with Crippen LogP contribution in [-0.4, -0.2) is 27.2 Å². The zero-order valence-electron chi connectivity index (χ0n) is 11.4. The summed E-state index contributed by atoms with van der Waals surface area (Å²) in [6.07, 6.45) is 0. The number of carboxylic acid groups (broad SMARTS) is 1. The van der Waals surface area contributed by atoms with Gasteiger partial charge >= 0.3 is 5.97 Å². The smallest absolute Gasteiger partial charge is 0.336 e. The van der Waals surface area contributed by atoms with Crippen molar-refractivity contribution >= 4 is 17.6 Å². The maximum atomic E-state index is 12.0. The van der Waals surface area contributed by atoms with Gasteiger partial charge in [-0.25, -0.2) is 4.79 Å². The first-order valence-electron chi connectivity index (χ1n) is 6.06. The Hall–Kier alpha value is -2.63. The molecule has 0 aliphatic carbocycles. The fraction of sp³-hybridized carbons (Fsp3) is 0.214. The van der Waals surface area contributed by atoms with Crippen molar-refractivity contribution in [3.63, 3.8) is 0 Å². The molecule has 0 fully saturated rings. The molecule has 0 unspecified atom stereocenters. The summed E-state index contributed by atoms with van der Waals surface area (Å²) in [5.74, 6) is -1.40. The number of rotatable bonds is 3. The molecule has 2 aromatic rings. The molecule has 20 heavy (non-hydrogen) atoms. The summed E-state index contributed by atoms with van der Waals surface area (Å²) in [5.41, 5.74) is 3.15. The highest BCUT2D eigenvalue weighted by Gasteiger charge is 2.14. The lowest BCUT2D eigenvalue weighted by atomic mass is 10.0. The highest BCUT2D eigenvalue weighted by atomic mass is 16.4. The van der Waals surface area contributed by atoms with E-state index in [0.717, 1.165) is 11.3 Å². The fourth-order valence-electron chi connectivity index (χ4n) is 1.88. The molecule has 6 nitrogen and oxygen atoms in total. The van der Waals surface area contributed by atoms with Gasteiger partial charge < -0.3 is 10.4 Å². The molecular formula is C14H15N3O3. The molecular weight excluding hydrogens is 258 g/mol. The normalized spacial score (nSPS) is 10.3. The Morgan fingerprint density at radius 2 is 1.90 bits per heavy atom. The van der Waals surface area contributed by atoms with Crippen LogP contribution in [0.25, 0.3) is 0 Å². The fourth-order valence-corrected chi connectivity index (χ4v) is 1.88. The van der Waals surface area contributed by atoms with E-state index in [0.29, 0.717) is 11.3 Å². The molecule has 0 aliphatic heterocycles. The lowest BCUT2D eigenvalue weighted by Gasteiger charge is -2.09. The van der Waals surface area contributed by atoms with Gasteiger partial charge in [-0.15, -0.1) is 0 Å². The number of hydrogen-bond donors (Lipinski definition) is 3. The van der Waals surface area contributed by atoms with Gasteiger partial charge in [0.2, 0.25) is 0 Å². The summed E-state index contributed by atoms with van der Waals surface area (Å²) in [6, 6.07) is 4.80. The monoisotopic (exact) mass is 273 g/mol. The molecule has 1 amide bonds. The average Bonchev–Trinajstić information content (AvgIpc) is 2.80. The Balaban J connectivity index is 2.30. The van der Waals surface area contributed by atoms with Gasteiger partial charge in [0, 0.05) is 11.4 Å². The van der Waals surface area contributed by atoms with Crippen molar-refractivity contribution in [2.75, 3.05) is 5.32 Å². The first kappa shape index (κ1) is 13.8. The maximum absolute atomic E-state index is 12.0. The SMILES string of the molecule is Cc1cc(C(=O)Nc2cc(C)c(C)c(C(=O)O)c2)n[nH]1. The van der Waals surface area contributed by atoms with E-state index in [4.69, 9.17) is 5.11 Å². The number of carboxylic acids is 1. The Morgan fingerprint density at radius 3 is 2.45 bits per heavy atom. The van der Waals surface area contributed by atoms with Gasteiger partial charge in [0.1, 0.15) is 0 Å². The molecule has 6 heteroatoms. The number of amides is 1. The molecule has 1 aromatic heterocycles. The number of nitrogens with zero attached hydrogens (tertiary/aromatic N) is 1. The van der Waals surface area contributed by atoms with E-state index in [1.54, 1.807) is 32.9 Å². The van der Waals surface area contributed by atoms with E-state index in [1.165, 1.54) is 6.07 Å². The number of aromatic carboxylic acids is 1. The van der Waals surface area contributed by atoms with E-state index >= 15 is 0 Å². The number of H-pyrrole nitrogens is 1. The van der Waals surface area contributed by atoms with Crippen LogP contribution >= 0.6 is 0 Å². The first-order valence-corrected chi connectivity index (χ1v) is 6.06. The van der Waals surface area contributed by atoms with Crippen LogP contribution in [0.3, 0.4) is 0 Å². The predicted molar refractivity (Wildman–Crippen MR) is 74.2 cm³/mol. The number of carbonyl (C=O) groups is 2. The summed E-state index contributed by atoms with van der Waals surface area (Å²) in [4.78, 5) is 23.1. The second-order valence-corrected chi connectivity index (χ2v) is 4.66. The molecule has 0 saturated carbocycles. The van der Waals surface area contributed by atoms with Gasteiger partial charge in [0.05, 0.1) is 5.56 Å². The summed E-state index contributed by atoms with van der Waals surface area (Å²) in [6.45, 7) is 5.33. The van der Waals surface area contributed by atoms with Gasteiger partial charge in [-0.3, -0.25) is 9.89 Å². The molecule has 1 heterocycles. The summed E-state index contributed by atoms with van der Waals surface area (Å²) in [7, 11) is 0. The van der Waals surface area contributed by atoms with Crippen molar-refractivity contribution in [3.8, 4) is 0 Å². The predicted octanol–water partition coefficient (Wildman–Crippen LogP) is 2.29. The third-order valence-corrected chi connectivity index (χ3v) is 3.09. The van der Waals surface area contributed by atoms with Crippen LogP contribution in [0.4, 0.5) is 5.69 Å². The number of hydrogen-bond acceptors (Lipinski definition) is 3. The number of aromatic amines is 1. The van der Waals surface area contributed by atoms with Gasteiger partial charge in [-0.1, -0.05) is 0 Å². The molecule has 104 valence electrons. The van der Waals surface area contributed by atoms with Crippen molar-refractivity contribution in [3.05, 3.63) is 46.3 Å². The Labute approximate surface area is 115 Å². The van der Waals surface area contributed by atoms with E-state index in [-0.39, 0.29) is 17.2 Å². The van der Waals surface area contributed by atoms with Crippen molar-refractivity contribution in [1.82, 2.24) is 10.2 Å². The van der Waals surface area contributed by atoms with E-state index in [1.807, 2.05) is 0 Å². The van der Waals surface area contributed by atoms with Crippen molar-refractivity contribution in [1.29, 1.82) is 0 Å². The Kier molecular flexibility index (Phi) is 3.56. The molecule has 3 N–H and O–H groups in total. The van der Waals surface area contributed by atoms with E-state index in [2.05, 4.69) is 15.5 Å². The molecule has 0 spiro atoms. The van der Waals surface area contributed by atoms with Gasteiger partial charge in [0.15, 0.2) is 5.69 Å². The summed E-state index contributed by atoms with van der Waals surface area (Å²) < 4.78 is 0. The first-order chi connectivity index (χ1) is 9.38. The summed E-state index contributed by atoms with van der Waals surface area (Å²) in [5, 5.41) is 18.3. The van der Waals surface area contributed by atoms with Crippen LogP contribution in [0.1, 0.15) is 37.7 Å². The third kappa shape index (κ3) is 2.69. The molecule has 0 radical (unpaired) electrons. The van der Waals surface area contributed by atoms with Gasteiger partial charge in [0.25, 0.3) is 5.91 Å². The largest absolute Gasteiger partial charge is 0.478 e. The zero-order chi connectivity index (χ0) is 14.9. The number of anilines is 1. The lowest BCUT2D eigenvalue weighted by molar-refractivity contribution is 0.0695. The molecule has 0 aliphatic rings. The van der Waals surface area contributed by atoms with Crippen molar-refractivity contribution in [2.45, 2.75) is 20.8 Å². The molecule has 1 aromatic carbocycles. The van der Waals surface area contributed by atoms with Crippen LogP contribution < -0.4 is 5.32 Å². The lowest BCUT2D eigenvalue weighted by Crippen LogP contribution is -2.13. The van der Waals surface area contributed by atoms with Gasteiger partial charge in [-0.2, -0.15) is 5.10 Å². The number of benzene rings is 1. The second kappa shape index (κ2) is 5.16.